The molecule has 2 heteroatoms. The quantitative estimate of drug-likeness (QED) is 0.711. The molecule has 14 heavy (non-hydrogen) atoms. The van der Waals surface area contributed by atoms with E-state index in [0.717, 1.165) is 12.3 Å². The van der Waals surface area contributed by atoms with Crippen molar-refractivity contribution in [2.45, 2.75) is 58.5 Å². The lowest BCUT2D eigenvalue weighted by molar-refractivity contribution is 0.205. The molecule has 2 nitrogen and oxygen atoms in total. The zero-order valence-electron chi connectivity index (χ0n) is 9.79. The van der Waals surface area contributed by atoms with Crippen LogP contribution in [0, 0.1) is 11.8 Å². The van der Waals surface area contributed by atoms with Crippen molar-refractivity contribution in [3.8, 4) is 0 Å². The van der Waals surface area contributed by atoms with Gasteiger partial charge in [0, 0.05) is 12.1 Å². The molecule has 0 saturated heterocycles. The summed E-state index contributed by atoms with van der Waals surface area (Å²) in [5.74, 6) is 1.45. The van der Waals surface area contributed by atoms with Gasteiger partial charge in [0.05, 0.1) is 6.61 Å². The Bertz CT molecular complexity index is 158. The van der Waals surface area contributed by atoms with E-state index in [1.165, 1.54) is 19.3 Å². The molecule has 0 unspecified atom stereocenters. The summed E-state index contributed by atoms with van der Waals surface area (Å²) in [6, 6.07) is 0.950. The van der Waals surface area contributed by atoms with Crippen LogP contribution in [-0.2, 0) is 0 Å². The molecular formula is C12H25NO. The van der Waals surface area contributed by atoms with Crippen LogP contribution in [0.1, 0.15) is 46.5 Å². The predicted molar refractivity (Wildman–Crippen MR) is 60.3 cm³/mol. The van der Waals surface area contributed by atoms with Gasteiger partial charge in [0.1, 0.15) is 0 Å². The number of aliphatic hydroxyl groups excluding tert-OH is 1. The van der Waals surface area contributed by atoms with Crippen molar-refractivity contribution in [3.63, 3.8) is 0 Å². The third kappa shape index (κ3) is 3.58. The van der Waals surface area contributed by atoms with E-state index in [-0.39, 0.29) is 6.61 Å². The minimum atomic E-state index is 0.279. The highest BCUT2D eigenvalue weighted by molar-refractivity contribution is 4.83. The molecule has 1 saturated carbocycles. The Hall–Kier alpha value is -0.0800. The molecule has 1 fully saturated rings. The molecular weight excluding hydrogens is 174 g/mol. The SMILES string of the molecule is CC(C)C[C@@H](CO)N[C@H]1CCC[C@H]1C. The number of aliphatic hydroxyl groups is 1. The molecule has 0 aromatic rings. The highest BCUT2D eigenvalue weighted by Gasteiger charge is 2.25. The molecule has 0 radical (unpaired) electrons. The smallest absolute Gasteiger partial charge is 0.0584 e. The second kappa shape index (κ2) is 5.72. The molecule has 0 spiro atoms. The lowest BCUT2D eigenvalue weighted by atomic mass is 10.0. The first kappa shape index (κ1) is 12.0. The molecule has 0 heterocycles. The van der Waals surface area contributed by atoms with Gasteiger partial charge in [-0.15, -0.1) is 0 Å². The molecule has 0 bridgehead atoms. The van der Waals surface area contributed by atoms with E-state index in [1.807, 2.05) is 0 Å². The van der Waals surface area contributed by atoms with E-state index in [9.17, 15) is 5.11 Å². The average Bonchev–Trinajstić information content (AvgIpc) is 2.50. The van der Waals surface area contributed by atoms with Gasteiger partial charge in [-0.25, -0.2) is 0 Å². The number of hydrogen-bond acceptors (Lipinski definition) is 2. The van der Waals surface area contributed by atoms with Gasteiger partial charge < -0.3 is 10.4 Å². The van der Waals surface area contributed by atoms with Crippen molar-refractivity contribution >= 4 is 0 Å². The van der Waals surface area contributed by atoms with Crippen LogP contribution >= 0.6 is 0 Å². The summed E-state index contributed by atoms with van der Waals surface area (Å²) in [6.45, 7) is 7.01. The van der Waals surface area contributed by atoms with Crippen LogP contribution in [0.2, 0.25) is 0 Å². The monoisotopic (exact) mass is 199 g/mol. The van der Waals surface area contributed by atoms with Gasteiger partial charge in [0.2, 0.25) is 0 Å². The zero-order valence-corrected chi connectivity index (χ0v) is 9.79. The van der Waals surface area contributed by atoms with E-state index in [1.54, 1.807) is 0 Å². The first-order valence-electron chi connectivity index (χ1n) is 6.00. The Kier molecular flexibility index (Phi) is 4.90. The lowest BCUT2D eigenvalue weighted by Gasteiger charge is -2.25. The zero-order chi connectivity index (χ0) is 10.6. The Labute approximate surface area is 88.1 Å². The molecule has 3 atom stereocenters. The third-order valence-corrected chi connectivity index (χ3v) is 3.29. The molecule has 84 valence electrons. The van der Waals surface area contributed by atoms with E-state index in [2.05, 4.69) is 26.1 Å². The van der Waals surface area contributed by atoms with Gasteiger partial charge in [-0.1, -0.05) is 27.2 Å². The van der Waals surface area contributed by atoms with Gasteiger partial charge in [-0.05, 0) is 31.1 Å². The summed E-state index contributed by atoms with van der Waals surface area (Å²) in [7, 11) is 0. The van der Waals surface area contributed by atoms with Crippen molar-refractivity contribution in [1.82, 2.24) is 5.32 Å². The summed E-state index contributed by atoms with van der Waals surface area (Å²) in [5, 5.41) is 12.9. The lowest BCUT2D eigenvalue weighted by Crippen LogP contribution is -2.42. The first-order chi connectivity index (χ1) is 6.63. The molecule has 1 aliphatic carbocycles. The molecule has 0 aromatic heterocycles. The molecule has 1 aliphatic rings. The van der Waals surface area contributed by atoms with Crippen LogP contribution in [-0.4, -0.2) is 23.8 Å². The summed E-state index contributed by atoms with van der Waals surface area (Å²) < 4.78 is 0. The van der Waals surface area contributed by atoms with Gasteiger partial charge in [0.15, 0.2) is 0 Å². The fraction of sp³-hybridized carbons (Fsp3) is 1.00. The van der Waals surface area contributed by atoms with E-state index < -0.39 is 0 Å². The predicted octanol–water partition coefficient (Wildman–Crippen LogP) is 2.17. The maximum atomic E-state index is 9.26. The van der Waals surface area contributed by atoms with Crippen molar-refractivity contribution in [2.24, 2.45) is 11.8 Å². The number of nitrogens with one attached hydrogen (secondary N) is 1. The Morgan fingerprint density at radius 1 is 1.36 bits per heavy atom. The molecule has 0 amide bonds. The van der Waals surface area contributed by atoms with Crippen molar-refractivity contribution in [2.75, 3.05) is 6.61 Å². The second-order valence-electron chi connectivity index (χ2n) is 5.19. The van der Waals surface area contributed by atoms with Crippen molar-refractivity contribution < 1.29 is 5.11 Å². The van der Waals surface area contributed by atoms with Crippen molar-refractivity contribution in [1.29, 1.82) is 0 Å². The Balaban J connectivity index is 2.31. The van der Waals surface area contributed by atoms with Gasteiger partial charge in [-0.3, -0.25) is 0 Å². The van der Waals surface area contributed by atoms with E-state index >= 15 is 0 Å². The summed E-state index contributed by atoms with van der Waals surface area (Å²) in [4.78, 5) is 0. The van der Waals surface area contributed by atoms with Gasteiger partial charge in [0.25, 0.3) is 0 Å². The molecule has 1 rings (SSSR count). The fourth-order valence-electron chi connectivity index (χ4n) is 2.46. The third-order valence-electron chi connectivity index (χ3n) is 3.29. The summed E-state index contributed by atoms with van der Waals surface area (Å²) in [6.07, 6.45) is 5.06. The van der Waals surface area contributed by atoms with Crippen LogP contribution in [0.3, 0.4) is 0 Å². The average molecular weight is 199 g/mol. The maximum Gasteiger partial charge on any atom is 0.0584 e. The highest BCUT2D eigenvalue weighted by Crippen LogP contribution is 2.25. The summed E-state index contributed by atoms with van der Waals surface area (Å²) in [5.41, 5.74) is 0. The Morgan fingerprint density at radius 2 is 2.07 bits per heavy atom. The minimum Gasteiger partial charge on any atom is -0.395 e. The van der Waals surface area contributed by atoms with Crippen LogP contribution in [0.25, 0.3) is 0 Å². The number of hydrogen-bond donors (Lipinski definition) is 2. The second-order valence-corrected chi connectivity index (χ2v) is 5.19. The Morgan fingerprint density at radius 3 is 2.50 bits per heavy atom. The van der Waals surface area contributed by atoms with Gasteiger partial charge in [-0.2, -0.15) is 0 Å². The van der Waals surface area contributed by atoms with Crippen LogP contribution in [0.15, 0.2) is 0 Å². The first-order valence-corrected chi connectivity index (χ1v) is 6.00. The fourth-order valence-corrected chi connectivity index (χ4v) is 2.46. The largest absolute Gasteiger partial charge is 0.395 e. The normalized spacial score (nSPS) is 29.8. The standard InChI is InChI=1S/C12H25NO/c1-9(2)7-11(8-14)13-12-6-4-5-10(12)3/h9-14H,4-8H2,1-3H3/t10-,11+,12+/m1/s1. The maximum absolute atomic E-state index is 9.26. The van der Waals surface area contributed by atoms with E-state index in [4.69, 9.17) is 0 Å². The van der Waals surface area contributed by atoms with Crippen LogP contribution < -0.4 is 5.32 Å². The molecule has 0 aromatic carbocycles. The van der Waals surface area contributed by atoms with Gasteiger partial charge >= 0.3 is 0 Å². The van der Waals surface area contributed by atoms with Crippen LogP contribution in [0.5, 0.6) is 0 Å². The number of rotatable bonds is 5. The topological polar surface area (TPSA) is 32.3 Å². The molecule has 0 aliphatic heterocycles. The highest BCUT2D eigenvalue weighted by atomic mass is 16.3. The van der Waals surface area contributed by atoms with E-state index in [0.29, 0.717) is 18.0 Å². The summed E-state index contributed by atoms with van der Waals surface area (Å²) >= 11 is 0. The van der Waals surface area contributed by atoms with Crippen LogP contribution in [0.4, 0.5) is 0 Å². The van der Waals surface area contributed by atoms with Crippen molar-refractivity contribution in [3.05, 3.63) is 0 Å². The minimum absolute atomic E-state index is 0.279. The molecule has 2 N–H and O–H groups in total.